The van der Waals surface area contributed by atoms with Gasteiger partial charge in [-0.25, -0.2) is 0 Å². The van der Waals surface area contributed by atoms with E-state index in [1.807, 2.05) is 0 Å². The van der Waals surface area contributed by atoms with Gasteiger partial charge >= 0.3 is 5.97 Å². The highest BCUT2D eigenvalue weighted by atomic mass is 16.5. The molecule has 0 unspecified atom stereocenters. The zero-order chi connectivity index (χ0) is 11.5. The number of carbonyl (C=O) groups is 2. The van der Waals surface area contributed by atoms with Crippen LogP contribution < -0.4 is 0 Å². The highest BCUT2D eigenvalue weighted by Gasteiger charge is 2.38. The van der Waals surface area contributed by atoms with Crippen LogP contribution in [0.15, 0.2) is 11.6 Å². The van der Waals surface area contributed by atoms with Crippen molar-refractivity contribution in [2.45, 2.75) is 39.0 Å². The molecule has 88 valence electrons. The van der Waals surface area contributed by atoms with E-state index in [9.17, 15) is 9.59 Å². The molecule has 16 heavy (non-hydrogen) atoms. The van der Waals surface area contributed by atoms with E-state index in [1.165, 1.54) is 18.4 Å². The molecule has 0 aromatic rings. The first-order valence-corrected chi connectivity index (χ1v) is 6.12. The summed E-state index contributed by atoms with van der Waals surface area (Å²) in [7, 11) is 0. The second kappa shape index (κ2) is 4.81. The largest absolute Gasteiger partial charge is 0.466 e. The van der Waals surface area contributed by atoms with Crippen LogP contribution in [0.25, 0.3) is 0 Å². The molecule has 0 N–H and O–H groups in total. The fourth-order valence-corrected chi connectivity index (χ4v) is 2.83. The van der Waals surface area contributed by atoms with Gasteiger partial charge in [-0.1, -0.05) is 12.0 Å². The van der Waals surface area contributed by atoms with Crippen molar-refractivity contribution in [1.82, 2.24) is 0 Å². The lowest BCUT2D eigenvalue weighted by molar-refractivity contribution is -0.146. The van der Waals surface area contributed by atoms with E-state index in [4.69, 9.17) is 4.74 Å². The Labute approximate surface area is 95.9 Å². The third kappa shape index (κ3) is 2.18. The number of carbonyl (C=O) groups excluding carboxylic acids is 2. The standard InChI is InChI=1S/C13H18O3/c1-2-16-13(15)8-11-10-6-4-3-5-9(10)7-12(11)14/h7,10-11H,2-6,8H2,1H3/t10-,11-/m1/s1. The number of fused-ring (bicyclic) bond motifs is 1. The molecule has 0 aliphatic heterocycles. The van der Waals surface area contributed by atoms with E-state index in [0.717, 1.165) is 12.8 Å². The Bertz CT molecular complexity index is 330. The van der Waals surface area contributed by atoms with Crippen LogP contribution in [-0.4, -0.2) is 18.4 Å². The van der Waals surface area contributed by atoms with Crippen molar-refractivity contribution in [3.8, 4) is 0 Å². The van der Waals surface area contributed by atoms with Gasteiger partial charge in [0.1, 0.15) is 0 Å². The Morgan fingerprint density at radius 1 is 1.50 bits per heavy atom. The van der Waals surface area contributed by atoms with Crippen molar-refractivity contribution in [3.05, 3.63) is 11.6 Å². The molecule has 0 spiro atoms. The summed E-state index contributed by atoms with van der Waals surface area (Å²) in [6.45, 7) is 2.18. The minimum absolute atomic E-state index is 0.130. The number of hydrogen-bond donors (Lipinski definition) is 0. The van der Waals surface area contributed by atoms with Crippen molar-refractivity contribution in [3.63, 3.8) is 0 Å². The number of allylic oxidation sites excluding steroid dienone is 2. The molecule has 0 radical (unpaired) electrons. The fraction of sp³-hybridized carbons (Fsp3) is 0.692. The van der Waals surface area contributed by atoms with Gasteiger partial charge in [-0.15, -0.1) is 0 Å². The average Bonchev–Trinajstić information content (AvgIpc) is 2.56. The molecule has 0 heterocycles. The molecule has 1 saturated carbocycles. The van der Waals surface area contributed by atoms with E-state index in [-0.39, 0.29) is 24.1 Å². The van der Waals surface area contributed by atoms with Gasteiger partial charge in [-0.2, -0.15) is 0 Å². The highest BCUT2D eigenvalue weighted by Crippen LogP contribution is 2.41. The van der Waals surface area contributed by atoms with Crippen molar-refractivity contribution in [2.75, 3.05) is 6.61 Å². The lowest BCUT2D eigenvalue weighted by Gasteiger charge is -2.25. The van der Waals surface area contributed by atoms with Gasteiger partial charge in [0.2, 0.25) is 0 Å². The van der Waals surface area contributed by atoms with Crippen LogP contribution in [0, 0.1) is 11.8 Å². The van der Waals surface area contributed by atoms with Gasteiger partial charge in [-0.05, 0) is 38.2 Å². The maximum absolute atomic E-state index is 11.8. The van der Waals surface area contributed by atoms with Crippen LogP contribution >= 0.6 is 0 Å². The minimum atomic E-state index is -0.235. The summed E-state index contributed by atoms with van der Waals surface area (Å²) in [4.78, 5) is 23.2. The SMILES string of the molecule is CCOC(=O)C[C@H]1C(=O)C=C2CCCC[C@H]21. The van der Waals surface area contributed by atoms with Crippen LogP contribution in [0.1, 0.15) is 39.0 Å². The van der Waals surface area contributed by atoms with E-state index in [1.54, 1.807) is 13.0 Å². The summed E-state index contributed by atoms with van der Waals surface area (Å²) in [6.07, 6.45) is 6.48. The van der Waals surface area contributed by atoms with Gasteiger partial charge in [0, 0.05) is 5.92 Å². The molecule has 2 atom stereocenters. The lowest BCUT2D eigenvalue weighted by atomic mass is 9.79. The zero-order valence-corrected chi connectivity index (χ0v) is 9.70. The molecule has 0 saturated heterocycles. The molecule has 3 nitrogen and oxygen atoms in total. The number of esters is 1. The number of rotatable bonds is 3. The zero-order valence-electron chi connectivity index (χ0n) is 9.70. The number of hydrogen-bond acceptors (Lipinski definition) is 3. The van der Waals surface area contributed by atoms with Gasteiger partial charge in [0.05, 0.1) is 13.0 Å². The molecular weight excluding hydrogens is 204 g/mol. The first-order valence-electron chi connectivity index (χ1n) is 6.12. The Hall–Kier alpha value is -1.12. The first-order chi connectivity index (χ1) is 7.72. The van der Waals surface area contributed by atoms with Crippen molar-refractivity contribution < 1.29 is 14.3 Å². The maximum Gasteiger partial charge on any atom is 0.306 e. The summed E-state index contributed by atoms with van der Waals surface area (Å²) in [5.41, 5.74) is 1.27. The Balaban J connectivity index is 2.00. The van der Waals surface area contributed by atoms with E-state index in [0.29, 0.717) is 12.5 Å². The average molecular weight is 222 g/mol. The molecule has 0 aromatic heterocycles. The van der Waals surface area contributed by atoms with Gasteiger partial charge in [0.25, 0.3) is 0 Å². The molecule has 2 aliphatic rings. The molecule has 0 aromatic carbocycles. The Kier molecular flexibility index (Phi) is 3.42. The topological polar surface area (TPSA) is 43.4 Å². The first kappa shape index (κ1) is 11.4. The molecule has 0 amide bonds. The number of ether oxygens (including phenoxy) is 1. The normalized spacial score (nSPS) is 28.6. The van der Waals surface area contributed by atoms with E-state index >= 15 is 0 Å². The molecule has 2 aliphatic carbocycles. The van der Waals surface area contributed by atoms with Gasteiger partial charge < -0.3 is 4.74 Å². The summed E-state index contributed by atoms with van der Waals surface area (Å²) < 4.78 is 4.92. The molecule has 1 fully saturated rings. The molecule has 2 rings (SSSR count). The fourth-order valence-electron chi connectivity index (χ4n) is 2.83. The van der Waals surface area contributed by atoms with Crippen molar-refractivity contribution in [1.29, 1.82) is 0 Å². The van der Waals surface area contributed by atoms with E-state index in [2.05, 4.69) is 0 Å². The molecular formula is C13H18O3. The van der Waals surface area contributed by atoms with Crippen molar-refractivity contribution >= 4 is 11.8 Å². The molecule has 0 bridgehead atoms. The maximum atomic E-state index is 11.8. The molecule has 3 heteroatoms. The third-order valence-corrected chi connectivity index (χ3v) is 3.58. The smallest absolute Gasteiger partial charge is 0.306 e. The van der Waals surface area contributed by atoms with Crippen molar-refractivity contribution in [2.24, 2.45) is 11.8 Å². The monoisotopic (exact) mass is 222 g/mol. The van der Waals surface area contributed by atoms with E-state index < -0.39 is 0 Å². The van der Waals surface area contributed by atoms with Gasteiger partial charge in [0.15, 0.2) is 5.78 Å². The summed E-state index contributed by atoms with van der Waals surface area (Å²) in [5.74, 6) is 0.0935. The predicted octanol–water partition coefficient (Wildman–Crippen LogP) is 2.26. The summed E-state index contributed by atoms with van der Waals surface area (Å²) in [6, 6.07) is 0. The van der Waals surface area contributed by atoms with Crippen LogP contribution in [0.5, 0.6) is 0 Å². The van der Waals surface area contributed by atoms with Crippen LogP contribution in [0.2, 0.25) is 0 Å². The lowest BCUT2D eigenvalue weighted by Crippen LogP contribution is -2.23. The second-order valence-corrected chi connectivity index (χ2v) is 4.59. The Morgan fingerprint density at radius 3 is 3.06 bits per heavy atom. The quantitative estimate of drug-likeness (QED) is 0.688. The summed E-state index contributed by atoms with van der Waals surface area (Å²) in [5, 5.41) is 0. The van der Waals surface area contributed by atoms with Gasteiger partial charge in [-0.3, -0.25) is 9.59 Å². The Morgan fingerprint density at radius 2 is 2.31 bits per heavy atom. The predicted molar refractivity (Wildman–Crippen MR) is 59.8 cm³/mol. The van der Waals surface area contributed by atoms with Crippen LogP contribution in [-0.2, 0) is 14.3 Å². The highest BCUT2D eigenvalue weighted by molar-refractivity contribution is 5.97. The van der Waals surface area contributed by atoms with Crippen LogP contribution in [0.3, 0.4) is 0 Å². The minimum Gasteiger partial charge on any atom is -0.466 e. The number of ketones is 1. The second-order valence-electron chi connectivity index (χ2n) is 4.59. The third-order valence-electron chi connectivity index (χ3n) is 3.58. The summed E-state index contributed by atoms with van der Waals surface area (Å²) >= 11 is 0. The van der Waals surface area contributed by atoms with Crippen LogP contribution in [0.4, 0.5) is 0 Å².